The molecule has 1 saturated carbocycles. The van der Waals surface area contributed by atoms with Crippen LogP contribution in [0.4, 0.5) is 0 Å². The van der Waals surface area contributed by atoms with E-state index < -0.39 is 0 Å². The van der Waals surface area contributed by atoms with Crippen molar-refractivity contribution >= 4 is 11.9 Å². The lowest BCUT2D eigenvalue weighted by atomic mass is 9.95. The second kappa shape index (κ2) is 10.4. The Morgan fingerprint density at radius 2 is 1.75 bits per heavy atom. The number of hydrogen-bond acceptors (Lipinski definition) is 3. The van der Waals surface area contributed by atoms with E-state index in [1.54, 1.807) is 11.3 Å². The van der Waals surface area contributed by atoms with E-state index in [0.29, 0.717) is 6.04 Å². The van der Waals surface area contributed by atoms with Crippen LogP contribution in [0.5, 0.6) is 0 Å². The summed E-state index contributed by atoms with van der Waals surface area (Å²) in [7, 11) is 0. The van der Waals surface area contributed by atoms with Gasteiger partial charge in [-0.1, -0.05) is 20.3 Å². The number of nitrogens with zero attached hydrogens (tertiary/aromatic N) is 3. The third-order valence-corrected chi connectivity index (χ3v) is 7.04. The van der Waals surface area contributed by atoms with Crippen LogP contribution >= 0.6 is 0 Å². The second-order valence-corrected chi connectivity index (χ2v) is 9.01. The lowest BCUT2D eigenvalue weighted by molar-refractivity contribution is 0.271. The second-order valence-electron chi connectivity index (χ2n) is 9.01. The van der Waals surface area contributed by atoms with E-state index in [2.05, 4.69) is 38.8 Å². The van der Waals surface area contributed by atoms with Crippen LogP contribution in [0.25, 0.3) is 0 Å². The number of piperidine rings is 1. The maximum atomic E-state index is 5.27. The summed E-state index contributed by atoms with van der Waals surface area (Å²) in [4.78, 5) is 12.9. The highest BCUT2D eigenvalue weighted by Gasteiger charge is 2.25. The van der Waals surface area contributed by atoms with Crippen LogP contribution in [0.15, 0.2) is 32.5 Å². The number of rotatable bonds is 3. The molecule has 3 aliphatic rings. The summed E-state index contributed by atoms with van der Waals surface area (Å²) in [5, 5.41) is 0. The van der Waals surface area contributed by atoms with Gasteiger partial charge >= 0.3 is 0 Å². The Labute approximate surface area is 173 Å². The van der Waals surface area contributed by atoms with Crippen LogP contribution in [-0.4, -0.2) is 36.0 Å². The lowest BCUT2D eigenvalue weighted by Crippen LogP contribution is -2.31. The maximum absolute atomic E-state index is 5.27. The Morgan fingerprint density at radius 3 is 2.46 bits per heavy atom. The molecule has 0 amide bonds. The fraction of sp³-hybridized carbons (Fsp3) is 0.760. The highest BCUT2D eigenvalue weighted by atomic mass is 15.1. The van der Waals surface area contributed by atoms with E-state index in [-0.39, 0.29) is 0 Å². The maximum Gasteiger partial charge on any atom is 0.0475 e. The summed E-state index contributed by atoms with van der Waals surface area (Å²) in [6.45, 7) is 11.5. The van der Waals surface area contributed by atoms with E-state index in [9.17, 15) is 0 Å². The van der Waals surface area contributed by atoms with Crippen molar-refractivity contribution in [1.82, 2.24) is 4.90 Å². The van der Waals surface area contributed by atoms with Gasteiger partial charge in [0.05, 0.1) is 0 Å². The van der Waals surface area contributed by atoms with E-state index in [4.69, 9.17) is 9.98 Å². The van der Waals surface area contributed by atoms with Crippen molar-refractivity contribution in [3.8, 4) is 0 Å². The molecular formula is C25H41N3. The molecule has 0 bridgehead atoms. The predicted molar refractivity (Wildman–Crippen MR) is 122 cm³/mol. The zero-order chi connectivity index (χ0) is 19.9. The fourth-order valence-electron chi connectivity index (χ4n) is 4.99. The van der Waals surface area contributed by atoms with Crippen LogP contribution in [0.3, 0.4) is 0 Å². The van der Waals surface area contributed by atoms with E-state index in [1.807, 2.05) is 0 Å². The summed E-state index contributed by atoms with van der Waals surface area (Å²) >= 11 is 0. The smallest absolute Gasteiger partial charge is 0.0475 e. The van der Waals surface area contributed by atoms with Crippen LogP contribution in [0, 0.1) is 5.92 Å². The molecule has 2 atom stereocenters. The van der Waals surface area contributed by atoms with Gasteiger partial charge in [-0.15, -0.1) is 0 Å². The Balaban J connectivity index is 2.08. The van der Waals surface area contributed by atoms with E-state index in [0.717, 1.165) is 31.6 Å². The van der Waals surface area contributed by atoms with Gasteiger partial charge in [0.2, 0.25) is 0 Å². The van der Waals surface area contributed by atoms with Crippen LogP contribution < -0.4 is 0 Å². The minimum Gasteiger partial charge on any atom is -0.375 e. The molecule has 0 aromatic heterocycles. The molecule has 0 aromatic rings. The minimum atomic E-state index is 0.380. The molecule has 2 aliphatic heterocycles. The Kier molecular flexibility index (Phi) is 7.93. The first-order valence-corrected chi connectivity index (χ1v) is 11.9. The van der Waals surface area contributed by atoms with Gasteiger partial charge in [-0.25, -0.2) is 0 Å². The van der Waals surface area contributed by atoms with Gasteiger partial charge in [-0.3, -0.25) is 9.98 Å². The lowest BCUT2D eigenvalue weighted by Gasteiger charge is -2.34. The van der Waals surface area contributed by atoms with Crippen molar-refractivity contribution in [2.45, 2.75) is 104 Å². The van der Waals surface area contributed by atoms with Gasteiger partial charge in [0, 0.05) is 42.5 Å². The molecule has 3 heteroatoms. The third kappa shape index (κ3) is 5.36. The molecule has 0 radical (unpaired) electrons. The zero-order valence-electron chi connectivity index (χ0n) is 18.8. The van der Waals surface area contributed by atoms with Crippen LogP contribution in [-0.2, 0) is 0 Å². The molecule has 0 aromatic carbocycles. The molecular weight excluding hydrogens is 342 g/mol. The average molecular weight is 384 g/mol. The van der Waals surface area contributed by atoms with Gasteiger partial charge in [-0.2, -0.15) is 0 Å². The van der Waals surface area contributed by atoms with Gasteiger partial charge in [0.15, 0.2) is 0 Å². The van der Waals surface area contributed by atoms with Crippen molar-refractivity contribution in [1.29, 1.82) is 0 Å². The normalized spacial score (nSPS) is 34.9. The molecule has 2 fully saturated rings. The zero-order valence-corrected chi connectivity index (χ0v) is 18.8. The fourth-order valence-corrected chi connectivity index (χ4v) is 4.99. The molecule has 1 saturated heterocycles. The quantitative estimate of drug-likeness (QED) is 0.532. The first kappa shape index (κ1) is 21.3. The summed E-state index contributed by atoms with van der Waals surface area (Å²) in [5.74, 6) is 0.855. The van der Waals surface area contributed by atoms with Crippen LogP contribution in [0.1, 0.15) is 98.3 Å². The van der Waals surface area contributed by atoms with Gasteiger partial charge < -0.3 is 4.90 Å². The molecule has 2 heterocycles. The van der Waals surface area contributed by atoms with Crippen molar-refractivity contribution in [3.63, 3.8) is 0 Å². The van der Waals surface area contributed by atoms with Crippen molar-refractivity contribution in [2.24, 2.45) is 15.9 Å². The molecule has 0 spiro atoms. The topological polar surface area (TPSA) is 28.0 Å². The minimum absolute atomic E-state index is 0.380. The summed E-state index contributed by atoms with van der Waals surface area (Å²) in [5.41, 5.74) is 7.09. The van der Waals surface area contributed by atoms with Gasteiger partial charge in [-0.05, 0) is 95.1 Å². The highest BCUT2D eigenvalue weighted by molar-refractivity contribution is 6.02. The number of aliphatic imine (C=N–C) groups is 2. The Morgan fingerprint density at radius 1 is 1.00 bits per heavy atom. The average Bonchev–Trinajstić information content (AvgIpc) is 2.92. The number of likely N-dealkylation sites (tertiary alicyclic amines) is 1. The molecule has 0 N–H and O–H groups in total. The molecule has 3 nitrogen and oxygen atoms in total. The van der Waals surface area contributed by atoms with Crippen LogP contribution in [0.2, 0.25) is 0 Å². The Bertz CT molecular complexity index is 647. The van der Waals surface area contributed by atoms with Gasteiger partial charge in [0.1, 0.15) is 0 Å². The monoisotopic (exact) mass is 383 g/mol. The SMILES string of the molecule is CC\C1=C(C)/N=C2/CCC(CC)CC/C2=C(\N2CCCCC2)CCC(C)N=C1. The first-order chi connectivity index (χ1) is 13.6. The van der Waals surface area contributed by atoms with Gasteiger partial charge in [0.25, 0.3) is 0 Å². The predicted octanol–water partition coefficient (Wildman–Crippen LogP) is 6.70. The van der Waals surface area contributed by atoms with Crippen molar-refractivity contribution in [3.05, 3.63) is 22.5 Å². The molecule has 28 heavy (non-hydrogen) atoms. The van der Waals surface area contributed by atoms with Crippen molar-refractivity contribution < 1.29 is 0 Å². The number of fused-ring (bicyclic) bond motifs is 1. The molecule has 2 unspecified atom stereocenters. The third-order valence-electron chi connectivity index (χ3n) is 7.04. The number of hydrogen-bond donors (Lipinski definition) is 0. The van der Waals surface area contributed by atoms with E-state index in [1.165, 1.54) is 75.0 Å². The summed E-state index contributed by atoms with van der Waals surface area (Å²) < 4.78 is 0. The summed E-state index contributed by atoms with van der Waals surface area (Å²) in [6, 6.07) is 0.380. The molecule has 1 aliphatic carbocycles. The Hall–Kier alpha value is -1.38. The first-order valence-electron chi connectivity index (χ1n) is 11.9. The van der Waals surface area contributed by atoms with E-state index >= 15 is 0 Å². The molecule has 156 valence electrons. The largest absolute Gasteiger partial charge is 0.375 e. The summed E-state index contributed by atoms with van der Waals surface area (Å²) in [6.07, 6.45) is 15.8. The standard InChI is InChI=1S/C25H41N3/c1-5-21-11-13-23-24(14-12-21)27-20(4)22(6-2)18-26-19(3)10-15-25(23)28-16-8-7-9-17-28/h18-19,21H,5-17H2,1-4H3/b22-20+,25-23+,26-18?,27-24-. The van der Waals surface area contributed by atoms with Crippen molar-refractivity contribution in [2.75, 3.05) is 13.1 Å². The molecule has 3 rings (SSSR count). The highest BCUT2D eigenvalue weighted by Crippen LogP contribution is 2.34. The number of allylic oxidation sites excluding steroid dienone is 4.